The fourth-order valence-corrected chi connectivity index (χ4v) is 10.00. The third-order valence-corrected chi connectivity index (χ3v) is 14.1. The van der Waals surface area contributed by atoms with Crippen LogP contribution < -0.4 is 29.9 Å². The maximum atomic E-state index is 14.6. The van der Waals surface area contributed by atoms with Crippen molar-refractivity contribution in [2.75, 3.05) is 46.6 Å². The van der Waals surface area contributed by atoms with E-state index in [1.807, 2.05) is 16.7 Å². The monoisotopic (exact) mass is 876 g/mol. The second-order valence-electron chi connectivity index (χ2n) is 18.6. The quantitative estimate of drug-likeness (QED) is 0.118. The molecule has 4 aliphatic carbocycles. The first kappa shape index (κ1) is 43.0. The molecular formula is C47H56F4N6O6. The molecule has 2 aliphatic heterocycles. The van der Waals surface area contributed by atoms with Gasteiger partial charge in [-0.1, -0.05) is 20.8 Å². The van der Waals surface area contributed by atoms with E-state index in [9.17, 15) is 27.2 Å². The average molecular weight is 877 g/mol. The first-order chi connectivity index (χ1) is 30.3. The second-order valence-corrected chi connectivity index (χ2v) is 18.6. The molecule has 0 bridgehead atoms. The van der Waals surface area contributed by atoms with E-state index < -0.39 is 35.1 Å². The molecule has 0 radical (unpaired) electrons. The lowest BCUT2D eigenvalue weighted by molar-refractivity contribution is 0.101. The zero-order valence-corrected chi connectivity index (χ0v) is 36.3. The molecule has 6 aliphatic rings. The molecule has 4 atom stereocenters. The van der Waals surface area contributed by atoms with Crippen LogP contribution in [0.1, 0.15) is 124 Å². The minimum atomic E-state index is -0.825. The van der Waals surface area contributed by atoms with E-state index in [1.54, 1.807) is 6.92 Å². The summed E-state index contributed by atoms with van der Waals surface area (Å²) >= 11 is 0. The number of rotatable bonds is 14. The van der Waals surface area contributed by atoms with Crippen molar-refractivity contribution in [1.29, 1.82) is 0 Å². The Morgan fingerprint density at radius 2 is 1.13 bits per heavy atom. The summed E-state index contributed by atoms with van der Waals surface area (Å²) in [4.78, 5) is 38.3. The Bertz CT molecular complexity index is 2280. The van der Waals surface area contributed by atoms with Crippen molar-refractivity contribution >= 4 is 35.2 Å². The van der Waals surface area contributed by atoms with Crippen LogP contribution >= 0.6 is 0 Å². The van der Waals surface area contributed by atoms with Crippen LogP contribution in [-0.2, 0) is 6.42 Å². The Morgan fingerprint density at radius 3 is 1.59 bits per heavy atom. The number of carbonyl (C=O) groups excluding carboxylic acids is 2. The van der Waals surface area contributed by atoms with Gasteiger partial charge in [0.1, 0.15) is 11.5 Å². The van der Waals surface area contributed by atoms with Gasteiger partial charge in [0, 0.05) is 73.7 Å². The Hall–Kier alpha value is -5.28. The molecule has 2 amide bonds. The van der Waals surface area contributed by atoms with Crippen LogP contribution in [0, 0.1) is 59.3 Å². The molecule has 10 rings (SSSR count). The van der Waals surface area contributed by atoms with Crippen LogP contribution in [0.25, 0.3) is 0 Å². The summed E-state index contributed by atoms with van der Waals surface area (Å²) in [6, 6.07) is 5.17. The van der Waals surface area contributed by atoms with Crippen LogP contribution in [0.15, 0.2) is 33.1 Å². The van der Waals surface area contributed by atoms with Gasteiger partial charge < -0.3 is 38.7 Å². The summed E-state index contributed by atoms with van der Waals surface area (Å²) in [7, 11) is 0. The Labute approximate surface area is 364 Å². The molecular weight excluding hydrogens is 821 g/mol. The van der Waals surface area contributed by atoms with E-state index >= 15 is 0 Å². The number of nitrogens with one attached hydrogen (secondary N) is 2. The molecule has 16 heteroatoms. The first-order valence-electron chi connectivity index (χ1n) is 22.7. The largest absolute Gasteiger partial charge is 0.484 e. The van der Waals surface area contributed by atoms with Gasteiger partial charge >= 0.3 is 0 Å². The zero-order chi connectivity index (χ0) is 44.2. The van der Waals surface area contributed by atoms with E-state index in [0.29, 0.717) is 53.6 Å². The highest BCUT2D eigenvalue weighted by Crippen LogP contribution is 2.54. The predicted molar refractivity (Wildman–Crippen MR) is 228 cm³/mol. The summed E-state index contributed by atoms with van der Waals surface area (Å²) in [6.45, 7) is 11.3. The summed E-state index contributed by atoms with van der Waals surface area (Å²) in [5, 5.41) is 5.09. The minimum Gasteiger partial charge on any atom is -0.484 e. The number of fused-ring (bicyclic) bond motifs is 2. The van der Waals surface area contributed by atoms with Crippen molar-refractivity contribution in [1.82, 2.24) is 9.97 Å². The molecule has 12 nitrogen and oxygen atoms in total. The van der Waals surface area contributed by atoms with Gasteiger partial charge in [-0.3, -0.25) is 9.59 Å². The predicted octanol–water partition coefficient (Wildman–Crippen LogP) is 10.3. The lowest BCUT2D eigenvalue weighted by atomic mass is 9.75. The number of aryl methyl sites for hydroxylation is 2. The van der Waals surface area contributed by atoms with Crippen molar-refractivity contribution in [3.05, 3.63) is 70.4 Å². The number of benzene rings is 2. The van der Waals surface area contributed by atoms with Gasteiger partial charge in [0.15, 0.2) is 46.2 Å². The maximum absolute atomic E-state index is 14.6. The number of amides is 2. The summed E-state index contributed by atoms with van der Waals surface area (Å²) < 4.78 is 81.0. The van der Waals surface area contributed by atoms with E-state index in [2.05, 4.69) is 34.4 Å². The van der Waals surface area contributed by atoms with E-state index in [-0.39, 0.29) is 51.9 Å². The number of oxazole rings is 2. The van der Waals surface area contributed by atoms with Crippen molar-refractivity contribution in [3.63, 3.8) is 0 Å². The second kappa shape index (κ2) is 17.4. The third kappa shape index (κ3) is 9.09. The fraction of sp³-hybridized carbons (Fsp3) is 0.574. The van der Waals surface area contributed by atoms with Gasteiger partial charge in [-0.25, -0.2) is 17.6 Å². The number of nitrogens with zero attached hydrogens (tertiary/aromatic N) is 4. The number of aromatic nitrogens is 2. The average Bonchev–Trinajstić information content (AvgIpc) is 3.69. The SMILES string of the molecule is CCC1(CC)CN(c2nc(C(=O)Nc3cc(F)c(OC4CC5CC5C4)c(F)c3)c(C)o2)C1.CCCc1oc(N2CCCC2)nc1C(=O)Nc1cc(F)c(OC2CC3CC3C2)c(F)c1. The Kier molecular flexibility index (Phi) is 11.8. The van der Waals surface area contributed by atoms with Crippen molar-refractivity contribution in [2.45, 2.75) is 117 Å². The molecule has 2 N–H and O–H groups in total. The molecule has 2 aromatic carbocycles. The molecule has 338 valence electrons. The first-order valence-corrected chi connectivity index (χ1v) is 22.7. The highest BCUT2D eigenvalue weighted by Gasteiger charge is 2.48. The van der Waals surface area contributed by atoms with Crippen LogP contribution in [-0.4, -0.2) is 60.2 Å². The van der Waals surface area contributed by atoms with Crippen LogP contribution in [0.3, 0.4) is 0 Å². The summed E-state index contributed by atoms with van der Waals surface area (Å²) in [5.74, 6) is -1.68. The number of ether oxygens (including phenoxy) is 2. The number of hydrogen-bond acceptors (Lipinski definition) is 10. The molecule has 4 saturated carbocycles. The van der Waals surface area contributed by atoms with Gasteiger partial charge in [0.25, 0.3) is 23.8 Å². The smallest absolute Gasteiger partial charge is 0.298 e. The molecule has 63 heavy (non-hydrogen) atoms. The summed E-state index contributed by atoms with van der Waals surface area (Å²) in [5.41, 5.74) is 0.569. The number of hydrogen-bond donors (Lipinski definition) is 2. The lowest BCUT2D eigenvalue weighted by Gasteiger charge is -2.48. The third-order valence-electron chi connectivity index (χ3n) is 14.1. The molecule has 6 fully saturated rings. The molecule has 4 aromatic rings. The molecule has 0 spiro atoms. The number of halogens is 4. The van der Waals surface area contributed by atoms with Crippen LogP contribution in [0.2, 0.25) is 0 Å². The number of carbonyl (C=O) groups is 2. The van der Waals surface area contributed by atoms with Crippen LogP contribution in [0.4, 0.5) is 41.0 Å². The van der Waals surface area contributed by atoms with E-state index in [1.165, 1.54) is 12.8 Å². The van der Waals surface area contributed by atoms with Crippen molar-refractivity contribution in [2.24, 2.45) is 29.1 Å². The number of anilines is 4. The maximum Gasteiger partial charge on any atom is 0.298 e. The normalized spacial score (nSPS) is 24.8. The van der Waals surface area contributed by atoms with Crippen molar-refractivity contribution in [3.8, 4) is 11.5 Å². The minimum absolute atomic E-state index is 0.00972. The van der Waals surface area contributed by atoms with Gasteiger partial charge in [-0.15, -0.1) is 0 Å². The molecule has 2 aromatic heterocycles. The van der Waals surface area contributed by atoms with Crippen molar-refractivity contribution < 1.29 is 45.5 Å². The van der Waals surface area contributed by atoms with Gasteiger partial charge in [-0.05, 0) is 101 Å². The molecule has 2 saturated heterocycles. The summed E-state index contributed by atoms with van der Waals surface area (Å²) in [6.07, 6.45) is 11.2. The standard InChI is InChI=1S/C24H29F2N3O3.C23H27F2N3O3/c1-4-24(5-2)11-29(12-24)23-28-20(13(3)31-23)22(30)27-16-9-18(25)21(19(26)10-16)32-17-7-14-6-15(14)8-17;1-2-5-19-20(27-23(31-19)28-6-3-4-7-28)22(29)26-15-11-17(24)21(18(25)12-15)30-16-9-13-8-14(13)10-16/h9-10,14-15,17H,4-8,11-12H2,1-3H3,(H,27,30);11-14,16H,2-10H2,1H3,(H,26,29). The fourth-order valence-electron chi connectivity index (χ4n) is 10.00. The van der Waals surface area contributed by atoms with E-state index in [4.69, 9.17) is 18.3 Å². The zero-order valence-electron chi connectivity index (χ0n) is 36.3. The topological polar surface area (TPSA) is 135 Å². The van der Waals surface area contributed by atoms with Gasteiger partial charge in [0.2, 0.25) is 0 Å². The van der Waals surface area contributed by atoms with Crippen LogP contribution in [0.5, 0.6) is 11.5 Å². The highest BCUT2D eigenvalue weighted by molar-refractivity contribution is 6.04. The highest BCUT2D eigenvalue weighted by atomic mass is 19.1. The van der Waals surface area contributed by atoms with Gasteiger partial charge in [-0.2, -0.15) is 9.97 Å². The Morgan fingerprint density at radius 1 is 0.683 bits per heavy atom. The molecule has 4 unspecified atom stereocenters. The van der Waals surface area contributed by atoms with E-state index in [0.717, 1.165) is 108 Å². The van der Waals surface area contributed by atoms with Gasteiger partial charge in [0.05, 0.1) is 12.2 Å². The lowest BCUT2D eigenvalue weighted by Crippen LogP contribution is -2.56. The Balaban J connectivity index is 0.000000160. The molecule has 4 heterocycles.